The van der Waals surface area contributed by atoms with Gasteiger partial charge < -0.3 is 10.6 Å². The molecule has 1 aliphatic heterocycles. The molecule has 19 heavy (non-hydrogen) atoms. The Kier molecular flexibility index (Phi) is 2.90. The highest BCUT2D eigenvalue weighted by atomic mass is 32.1. The van der Waals surface area contributed by atoms with Crippen LogP contribution in [0.15, 0.2) is 11.4 Å². The first-order valence-corrected chi connectivity index (χ1v) is 7.47. The SMILES string of the molecule is N#Cc1sc(N2CCc3sccc3C2)c(C#N)c1N. The summed E-state index contributed by atoms with van der Waals surface area (Å²) in [6, 6.07) is 6.32. The van der Waals surface area contributed by atoms with Gasteiger partial charge in [0.15, 0.2) is 0 Å². The third-order valence-electron chi connectivity index (χ3n) is 3.23. The van der Waals surface area contributed by atoms with Gasteiger partial charge >= 0.3 is 0 Å². The molecule has 4 nitrogen and oxygen atoms in total. The summed E-state index contributed by atoms with van der Waals surface area (Å²) in [6.07, 6.45) is 0.984. The molecule has 3 rings (SSSR count). The maximum absolute atomic E-state index is 9.24. The average Bonchev–Trinajstić information content (AvgIpc) is 3.01. The second-order valence-corrected chi connectivity index (χ2v) is 6.29. The quantitative estimate of drug-likeness (QED) is 0.874. The van der Waals surface area contributed by atoms with Gasteiger partial charge in [0.2, 0.25) is 0 Å². The molecule has 0 fully saturated rings. The molecule has 0 saturated heterocycles. The number of anilines is 2. The molecule has 0 radical (unpaired) electrons. The van der Waals surface area contributed by atoms with Crippen LogP contribution in [0.5, 0.6) is 0 Å². The fourth-order valence-corrected chi connectivity index (χ4v) is 4.15. The van der Waals surface area contributed by atoms with E-state index in [9.17, 15) is 5.26 Å². The van der Waals surface area contributed by atoms with Crippen molar-refractivity contribution in [3.63, 3.8) is 0 Å². The van der Waals surface area contributed by atoms with Crippen molar-refractivity contribution in [3.05, 3.63) is 32.3 Å². The lowest BCUT2D eigenvalue weighted by molar-refractivity contribution is 0.749. The molecule has 0 spiro atoms. The fourth-order valence-electron chi connectivity index (χ4n) is 2.27. The van der Waals surface area contributed by atoms with E-state index in [4.69, 9.17) is 11.0 Å². The molecule has 94 valence electrons. The Labute approximate surface area is 118 Å². The maximum atomic E-state index is 9.24. The maximum Gasteiger partial charge on any atom is 0.131 e. The van der Waals surface area contributed by atoms with Gasteiger partial charge in [0.05, 0.1) is 5.69 Å². The molecule has 2 aromatic rings. The molecule has 0 aliphatic carbocycles. The lowest BCUT2D eigenvalue weighted by atomic mass is 10.1. The van der Waals surface area contributed by atoms with E-state index in [0.29, 0.717) is 16.1 Å². The number of nitrogens with zero attached hydrogens (tertiary/aromatic N) is 3. The highest BCUT2D eigenvalue weighted by molar-refractivity contribution is 7.17. The third kappa shape index (κ3) is 1.86. The number of thiophene rings is 2. The monoisotopic (exact) mass is 286 g/mol. The van der Waals surface area contributed by atoms with Crippen molar-refractivity contribution in [1.82, 2.24) is 0 Å². The van der Waals surface area contributed by atoms with Crippen LogP contribution in [0.25, 0.3) is 0 Å². The highest BCUT2D eigenvalue weighted by Crippen LogP contribution is 2.39. The van der Waals surface area contributed by atoms with Crippen LogP contribution in [0.3, 0.4) is 0 Å². The summed E-state index contributed by atoms with van der Waals surface area (Å²) in [5.41, 5.74) is 7.92. The lowest BCUT2D eigenvalue weighted by Crippen LogP contribution is -2.29. The lowest BCUT2D eigenvalue weighted by Gasteiger charge is -2.27. The van der Waals surface area contributed by atoms with Gasteiger partial charge in [-0.25, -0.2) is 0 Å². The molecule has 2 aromatic heterocycles. The summed E-state index contributed by atoms with van der Waals surface area (Å²) in [7, 11) is 0. The van der Waals surface area contributed by atoms with Crippen LogP contribution in [-0.2, 0) is 13.0 Å². The largest absolute Gasteiger partial charge is 0.396 e. The smallest absolute Gasteiger partial charge is 0.131 e. The van der Waals surface area contributed by atoms with Crippen molar-refractivity contribution >= 4 is 33.4 Å². The number of nitriles is 2. The van der Waals surface area contributed by atoms with Gasteiger partial charge in [-0.1, -0.05) is 0 Å². The summed E-state index contributed by atoms with van der Waals surface area (Å²) >= 11 is 3.10. The van der Waals surface area contributed by atoms with E-state index in [1.165, 1.54) is 21.8 Å². The molecule has 3 heterocycles. The Balaban J connectivity index is 2.01. The Bertz CT molecular complexity index is 714. The molecule has 2 N–H and O–H groups in total. The minimum absolute atomic E-state index is 0.320. The van der Waals surface area contributed by atoms with Crippen LogP contribution in [0.1, 0.15) is 20.9 Å². The van der Waals surface area contributed by atoms with Crippen molar-refractivity contribution in [3.8, 4) is 12.1 Å². The van der Waals surface area contributed by atoms with Gasteiger partial charge in [-0.2, -0.15) is 10.5 Å². The van der Waals surface area contributed by atoms with E-state index in [2.05, 4.69) is 28.5 Å². The number of rotatable bonds is 1. The van der Waals surface area contributed by atoms with Gasteiger partial charge in [-0.3, -0.25) is 0 Å². The Morgan fingerprint density at radius 3 is 2.89 bits per heavy atom. The van der Waals surface area contributed by atoms with Crippen LogP contribution in [0, 0.1) is 22.7 Å². The summed E-state index contributed by atoms with van der Waals surface area (Å²) in [4.78, 5) is 4.00. The predicted molar refractivity (Wildman–Crippen MR) is 77.2 cm³/mol. The van der Waals surface area contributed by atoms with E-state index in [1.807, 2.05) is 0 Å². The van der Waals surface area contributed by atoms with E-state index < -0.39 is 0 Å². The molecular formula is C13H10N4S2. The third-order valence-corrected chi connectivity index (χ3v) is 5.43. The summed E-state index contributed by atoms with van der Waals surface area (Å²) < 4.78 is 0. The summed E-state index contributed by atoms with van der Waals surface area (Å²) in [6.45, 7) is 1.66. The van der Waals surface area contributed by atoms with Crippen molar-refractivity contribution < 1.29 is 0 Å². The highest BCUT2D eigenvalue weighted by Gasteiger charge is 2.24. The second kappa shape index (κ2) is 4.58. The summed E-state index contributed by atoms with van der Waals surface area (Å²) in [5.74, 6) is 0. The molecule has 0 atom stereocenters. The van der Waals surface area contributed by atoms with Gasteiger partial charge in [0.25, 0.3) is 0 Å². The number of nitrogen functional groups attached to an aromatic ring is 1. The molecule has 6 heteroatoms. The first-order chi connectivity index (χ1) is 9.24. The van der Waals surface area contributed by atoms with Gasteiger partial charge in [0.1, 0.15) is 27.6 Å². The minimum Gasteiger partial charge on any atom is -0.396 e. The fraction of sp³-hybridized carbons (Fsp3) is 0.231. The Hall–Kier alpha value is -2.02. The zero-order valence-electron chi connectivity index (χ0n) is 10.0. The molecular weight excluding hydrogens is 276 g/mol. The van der Waals surface area contributed by atoms with Crippen molar-refractivity contribution in [2.45, 2.75) is 13.0 Å². The first-order valence-electron chi connectivity index (χ1n) is 5.77. The zero-order chi connectivity index (χ0) is 13.4. The van der Waals surface area contributed by atoms with E-state index in [-0.39, 0.29) is 0 Å². The van der Waals surface area contributed by atoms with E-state index >= 15 is 0 Å². The van der Waals surface area contributed by atoms with Gasteiger partial charge in [0, 0.05) is 18.0 Å². The van der Waals surface area contributed by atoms with Crippen molar-refractivity contribution in [1.29, 1.82) is 10.5 Å². The normalized spacial score (nSPS) is 13.7. The van der Waals surface area contributed by atoms with Crippen LogP contribution in [-0.4, -0.2) is 6.54 Å². The van der Waals surface area contributed by atoms with Gasteiger partial charge in [-0.15, -0.1) is 22.7 Å². The molecule has 0 amide bonds. The first kappa shape index (κ1) is 12.0. The van der Waals surface area contributed by atoms with E-state index in [1.54, 1.807) is 11.3 Å². The molecule has 0 saturated carbocycles. The summed E-state index contributed by atoms with van der Waals surface area (Å²) in [5, 5.41) is 21.2. The number of nitrogens with two attached hydrogens (primary N) is 1. The minimum atomic E-state index is 0.320. The topological polar surface area (TPSA) is 76.8 Å². The molecule has 0 bridgehead atoms. The Morgan fingerprint density at radius 1 is 1.32 bits per heavy atom. The van der Waals surface area contributed by atoms with Crippen LogP contribution >= 0.6 is 22.7 Å². The van der Waals surface area contributed by atoms with Crippen molar-refractivity contribution in [2.75, 3.05) is 17.2 Å². The van der Waals surface area contributed by atoms with E-state index in [0.717, 1.165) is 24.5 Å². The number of hydrogen-bond acceptors (Lipinski definition) is 6. The van der Waals surface area contributed by atoms with Crippen LogP contribution < -0.4 is 10.6 Å². The van der Waals surface area contributed by atoms with Gasteiger partial charge in [-0.05, 0) is 23.4 Å². The molecule has 1 aliphatic rings. The molecule has 0 unspecified atom stereocenters. The predicted octanol–water partition coefficient (Wildman–Crippen LogP) is 2.70. The standard InChI is InChI=1S/C13H10N4S2/c14-5-9-12(16)11(6-15)19-13(9)17-3-1-10-8(7-17)2-4-18-10/h2,4H,1,3,7,16H2. The second-order valence-electron chi connectivity index (χ2n) is 4.29. The number of hydrogen-bond donors (Lipinski definition) is 1. The zero-order valence-corrected chi connectivity index (χ0v) is 11.6. The van der Waals surface area contributed by atoms with Crippen LogP contribution in [0.4, 0.5) is 10.7 Å². The molecule has 0 aromatic carbocycles. The number of fused-ring (bicyclic) bond motifs is 1. The average molecular weight is 286 g/mol. The van der Waals surface area contributed by atoms with Crippen molar-refractivity contribution in [2.24, 2.45) is 0 Å². The Morgan fingerprint density at radius 2 is 2.16 bits per heavy atom. The van der Waals surface area contributed by atoms with Crippen LogP contribution in [0.2, 0.25) is 0 Å².